The van der Waals surface area contributed by atoms with Gasteiger partial charge in [-0.2, -0.15) is 0 Å². The lowest BCUT2D eigenvalue weighted by molar-refractivity contribution is 0.340. The van der Waals surface area contributed by atoms with Crippen LogP contribution in [0.2, 0.25) is 0 Å². The Kier molecular flexibility index (Phi) is 5.60. The number of rotatable bonds is 4. The van der Waals surface area contributed by atoms with Crippen molar-refractivity contribution in [3.05, 3.63) is 28.2 Å². The maximum absolute atomic E-state index is 14.3. The highest BCUT2D eigenvalue weighted by Gasteiger charge is 2.30. The number of hydrogen-bond donors (Lipinski definition) is 1. The van der Waals surface area contributed by atoms with E-state index in [4.69, 9.17) is 0 Å². The predicted octanol–water partition coefficient (Wildman–Crippen LogP) is 4.33. The Hall–Kier alpha value is -0.680. The summed E-state index contributed by atoms with van der Waals surface area (Å²) in [5, 5.41) is 3.55. The third-order valence-corrected chi connectivity index (χ3v) is 4.60. The second kappa shape index (κ2) is 7.05. The first-order valence-corrected chi connectivity index (χ1v) is 8.36. The zero-order chi connectivity index (χ0) is 15.6. The summed E-state index contributed by atoms with van der Waals surface area (Å²) in [4.78, 5) is 2.09. The molecular formula is C16H23BrF2N2. The van der Waals surface area contributed by atoms with E-state index in [0.717, 1.165) is 32.0 Å². The number of nitrogens with zero attached hydrogens (tertiary/aromatic N) is 1. The summed E-state index contributed by atoms with van der Waals surface area (Å²) in [5.41, 5.74) is 0.485. The lowest BCUT2D eigenvalue weighted by atomic mass is 9.98. The average Bonchev–Trinajstić information content (AvgIpc) is 2.37. The molecule has 2 unspecified atom stereocenters. The van der Waals surface area contributed by atoms with Crippen LogP contribution < -0.4 is 10.2 Å². The summed E-state index contributed by atoms with van der Waals surface area (Å²) < 4.78 is 28.1. The van der Waals surface area contributed by atoms with Crippen molar-refractivity contribution in [1.29, 1.82) is 0 Å². The minimum atomic E-state index is -0.551. The largest absolute Gasteiger partial charge is 0.362 e. The van der Waals surface area contributed by atoms with Crippen LogP contribution in [0.5, 0.6) is 0 Å². The van der Waals surface area contributed by atoms with Gasteiger partial charge in [0.1, 0.15) is 5.82 Å². The highest BCUT2D eigenvalue weighted by Crippen LogP contribution is 2.33. The molecule has 1 aromatic rings. The van der Waals surface area contributed by atoms with Gasteiger partial charge in [-0.05, 0) is 40.8 Å². The van der Waals surface area contributed by atoms with Gasteiger partial charge in [0.05, 0.1) is 5.69 Å². The maximum Gasteiger partial charge on any atom is 0.150 e. The normalized spacial score (nSPS) is 22.9. The highest BCUT2D eigenvalue weighted by atomic mass is 79.9. The van der Waals surface area contributed by atoms with E-state index in [-0.39, 0.29) is 6.04 Å². The van der Waals surface area contributed by atoms with Gasteiger partial charge in [0, 0.05) is 35.7 Å². The molecular weight excluding hydrogens is 338 g/mol. The molecule has 2 atom stereocenters. The van der Waals surface area contributed by atoms with Crippen LogP contribution in [0.1, 0.15) is 33.6 Å². The molecule has 0 spiro atoms. The van der Waals surface area contributed by atoms with Crippen molar-refractivity contribution >= 4 is 21.6 Å². The summed E-state index contributed by atoms with van der Waals surface area (Å²) in [6.07, 6.45) is 1.97. The van der Waals surface area contributed by atoms with E-state index >= 15 is 0 Å². The van der Waals surface area contributed by atoms with Crippen LogP contribution in [0.15, 0.2) is 16.6 Å². The number of benzene rings is 1. The monoisotopic (exact) mass is 360 g/mol. The van der Waals surface area contributed by atoms with E-state index < -0.39 is 11.6 Å². The molecule has 1 saturated heterocycles. The minimum absolute atomic E-state index is 0.227. The first kappa shape index (κ1) is 16.7. The van der Waals surface area contributed by atoms with Gasteiger partial charge in [0.2, 0.25) is 0 Å². The van der Waals surface area contributed by atoms with Crippen molar-refractivity contribution in [2.24, 2.45) is 5.92 Å². The van der Waals surface area contributed by atoms with Crippen LogP contribution in [-0.2, 0) is 0 Å². The van der Waals surface area contributed by atoms with E-state index in [2.05, 4.69) is 46.9 Å². The molecule has 0 aliphatic carbocycles. The van der Waals surface area contributed by atoms with E-state index in [1.807, 2.05) is 0 Å². The molecule has 1 aliphatic heterocycles. The molecule has 2 nitrogen and oxygen atoms in total. The van der Waals surface area contributed by atoms with Crippen molar-refractivity contribution in [1.82, 2.24) is 5.32 Å². The van der Waals surface area contributed by atoms with Gasteiger partial charge in [-0.1, -0.05) is 20.8 Å². The topological polar surface area (TPSA) is 15.3 Å². The molecule has 1 aromatic carbocycles. The van der Waals surface area contributed by atoms with Gasteiger partial charge in [0.25, 0.3) is 0 Å². The van der Waals surface area contributed by atoms with Gasteiger partial charge in [-0.3, -0.25) is 0 Å². The van der Waals surface area contributed by atoms with E-state index in [0.29, 0.717) is 22.1 Å². The molecule has 118 valence electrons. The fourth-order valence-corrected chi connectivity index (χ4v) is 3.67. The van der Waals surface area contributed by atoms with Gasteiger partial charge in [-0.25, -0.2) is 8.78 Å². The fourth-order valence-electron chi connectivity index (χ4n) is 3.04. The lowest BCUT2D eigenvalue weighted by Gasteiger charge is -2.42. The predicted molar refractivity (Wildman–Crippen MR) is 86.7 cm³/mol. The number of piperazine rings is 1. The lowest BCUT2D eigenvalue weighted by Crippen LogP contribution is -2.57. The molecule has 2 rings (SSSR count). The maximum atomic E-state index is 14.3. The Morgan fingerprint density at radius 2 is 2.10 bits per heavy atom. The number of hydrogen-bond acceptors (Lipinski definition) is 2. The number of anilines is 1. The third-order valence-electron chi connectivity index (χ3n) is 4.00. The van der Waals surface area contributed by atoms with Crippen molar-refractivity contribution in [2.75, 3.05) is 18.0 Å². The molecule has 1 aliphatic rings. The van der Waals surface area contributed by atoms with Crippen LogP contribution in [0, 0.1) is 17.6 Å². The molecule has 1 N–H and O–H groups in total. The molecule has 21 heavy (non-hydrogen) atoms. The molecule has 1 heterocycles. The molecule has 0 saturated carbocycles. The quantitative estimate of drug-likeness (QED) is 0.859. The number of nitrogens with one attached hydrogen (secondary N) is 1. The Morgan fingerprint density at radius 1 is 1.38 bits per heavy atom. The first-order chi connectivity index (χ1) is 9.92. The summed E-state index contributed by atoms with van der Waals surface area (Å²) in [6, 6.07) is 2.87. The van der Waals surface area contributed by atoms with Crippen LogP contribution in [-0.4, -0.2) is 25.2 Å². The van der Waals surface area contributed by atoms with Crippen molar-refractivity contribution in [2.45, 2.75) is 45.7 Å². The highest BCUT2D eigenvalue weighted by molar-refractivity contribution is 9.10. The van der Waals surface area contributed by atoms with E-state index in [9.17, 15) is 8.78 Å². The SMILES string of the molecule is CCC1CNC(CC(C)C)CN1c1c(F)cc(F)cc1Br. The Bertz CT molecular complexity index is 470. The smallest absolute Gasteiger partial charge is 0.150 e. The van der Waals surface area contributed by atoms with Gasteiger partial charge in [-0.15, -0.1) is 0 Å². The zero-order valence-electron chi connectivity index (χ0n) is 12.8. The Labute approximate surface area is 134 Å². The number of halogens is 3. The first-order valence-electron chi connectivity index (χ1n) is 7.56. The van der Waals surface area contributed by atoms with Crippen molar-refractivity contribution < 1.29 is 8.78 Å². The molecule has 0 bridgehead atoms. The summed E-state index contributed by atoms with van der Waals surface area (Å²) >= 11 is 3.32. The van der Waals surface area contributed by atoms with Crippen LogP contribution >= 0.6 is 15.9 Å². The summed E-state index contributed by atoms with van der Waals surface area (Å²) in [7, 11) is 0. The fraction of sp³-hybridized carbons (Fsp3) is 0.625. The third kappa shape index (κ3) is 3.95. The van der Waals surface area contributed by atoms with Crippen molar-refractivity contribution in [3.8, 4) is 0 Å². The Morgan fingerprint density at radius 3 is 2.67 bits per heavy atom. The van der Waals surface area contributed by atoms with Crippen molar-refractivity contribution in [3.63, 3.8) is 0 Å². The van der Waals surface area contributed by atoms with E-state index in [1.54, 1.807) is 0 Å². The summed E-state index contributed by atoms with van der Waals surface area (Å²) in [5.74, 6) is -0.459. The van der Waals surface area contributed by atoms with E-state index in [1.165, 1.54) is 6.07 Å². The Balaban J connectivity index is 2.29. The molecule has 0 aromatic heterocycles. The average molecular weight is 361 g/mol. The molecule has 1 fully saturated rings. The van der Waals surface area contributed by atoms with Gasteiger partial charge >= 0.3 is 0 Å². The van der Waals surface area contributed by atoms with Gasteiger partial charge < -0.3 is 10.2 Å². The van der Waals surface area contributed by atoms with Crippen LogP contribution in [0.3, 0.4) is 0 Å². The molecule has 5 heteroatoms. The second-order valence-corrected chi connectivity index (χ2v) is 7.02. The van der Waals surface area contributed by atoms with Crippen LogP contribution in [0.4, 0.5) is 14.5 Å². The zero-order valence-corrected chi connectivity index (χ0v) is 14.4. The molecule has 0 radical (unpaired) electrons. The van der Waals surface area contributed by atoms with Gasteiger partial charge in [0.15, 0.2) is 5.82 Å². The molecule has 0 amide bonds. The summed E-state index contributed by atoms with van der Waals surface area (Å²) in [6.45, 7) is 8.05. The van der Waals surface area contributed by atoms with Crippen LogP contribution in [0.25, 0.3) is 0 Å². The standard InChI is InChI=1S/C16H23BrF2N2/c1-4-13-8-20-12(5-10(2)3)9-21(13)16-14(17)6-11(18)7-15(16)19/h6-7,10,12-13,20H,4-5,8-9H2,1-3H3. The second-order valence-electron chi connectivity index (χ2n) is 6.17. The minimum Gasteiger partial charge on any atom is -0.362 e.